The molecular weight excluding hydrogens is 456 g/mol. The molecule has 2 aromatic carbocycles. The maximum atomic E-state index is 13.1. The van der Waals surface area contributed by atoms with Gasteiger partial charge in [0.25, 0.3) is 11.8 Å². The van der Waals surface area contributed by atoms with Crippen molar-refractivity contribution in [1.29, 1.82) is 0 Å². The first-order valence-electron chi connectivity index (χ1n) is 10.9. The summed E-state index contributed by atoms with van der Waals surface area (Å²) in [6, 6.07) is 13.8. The van der Waals surface area contributed by atoms with Gasteiger partial charge < -0.3 is 19.8 Å². The summed E-state index contributed by atoms with van der Waals surface area (Å²) in [5, 5.41) is 10.5. The first kappa shape index (κ1) is 23.5. The van der Waals surface area contributed by atoms with Crippen LogP contribution in [0.4, 0.5) is 4.79 Å². The number of fused-ring (bicyclic) bond motifs is 1. The van der Waals surface area contributed by atoms with Gasteiger partial charge in [0, 0.05) is 61.8 Å². The molecule has 1 saturated heterocycles. The Morgan fingerprint density at radius 2 is 1.71 bits per heavy atom. The number of hydrogen-bond donors (Lipinski definition) is 1. The Balaban J connectivity index is 1.62. The highest BCUT2D eigenvalue weighted by Crippen LogP contribution is 2.29. The summed E-state index contributed by atoms with van der Waals surface area (Å²) in [6.45, 7) is 2.73. The van der Waals surface area contributed by atoms with Crippen molar-refractivity contribution in [2.75, 3.05) is 33.7 Å². The predicted octanol–water partition coefficient (Wildman–Crippen LogP) is 4.08. The van der Waals surface area contributed by atoms with E-state index in [0.29, 0.717) is 40.4 Å². The van der Waals surface area contributed by atoms with Gasteiger partial charge >= 0.3 is 6.09 Å². The zero-order valence-corrected chi connectivity index (χ0v) is 19.9. The van der Waals surface area contributed by atoms with Crippen LogP contribution in [-0.2, 0) is 0 Å². The van der Waals surface area contributed by atoms with Gasteiger partial charge in [-0.05, 0) is 37.3 Å². The third-order valence-electron chi connectivity index (χ3n) is 6.00. The second-order valence-corrected chi connectivity index (χ2v) is 8.98. The van der Waals surface area contributed by atoms with Gasteiger partial charge in [0.15, 0.2) is 0 Å². The maximum Gasteiger partial charge on any atom is 0.407 e. The number of hydrogen-bond acceptors (Lipinski definition) is 4. The normalized spacial score (nSPS) is 15.9. The van der Waals surface area contributed by atoms with Gasteiger partial charge in [-0.1, -0.05) is 29.8 Å². The first-order valence-corrected chi connectivity index (χ1v) is 11.2. The Labute approximate surface area is 202 Å². The van der Waals surface area contributed by atoms with Crippen molar-refractivity contribution in [3.63, 3.8) is 0 Å². The molecule has 9 heteroatoms. The quantitative estimate of drug-likeness (QED) is 0.609. The van der Waals surface area contributed by atoms with Crippen LogP contribution >= 0.6 is 11.6 Å². The molecule has 1 atom stereocenters. The lowest BCUT2D eigenvalue weighted by Gasteiger charge is -2.38. The number of benzene rings is 2. The van der Waals surface area contributed by atoms with Crippen LogP contribution in [0.2, 0.25) is 5.02 Å². The number of amides is 3. The molecule has 0 spiro atoms. The van der Waals surface area contributed by atoms with Crippen LogP contribution in [0.5, 0.6) is 0 Å². The highest BCUT2D eigenvalue weighted by molar-refractivity contribution is 6.35. The lowest BCUT2D eigenvalue weighted by Crippen LogP contribution is -2.55. The minimum absolute atomic E-state index is 0.0855. The fourth-order valence-electron chi connectivity index (χ4n) is 4.12. The SMILES string of the molecule is CC1CN(C(=O)c2ccc3c(Cl)cc(-c4ccc(C(=O)N(C)C)cc4)nc3c2)CCN1C(=O)O. The fraction of sp³-hybridized carbons (Fsp3) is 0.280. The third-order valence-corrected chi connectivity index (χ3v) is 6.31. The number of halogens is 1. The van der Waals surface area contributed by atoms with E-state index in [1.165, 1.54) is 9.80 Å². The van der Waals surface area contributed by atoms with Crippen molar-refractivity contribution in [3.05, 3.63) is 64.7 Å². The van der Waals surface area contributed by atoms with Crippen LogP contribution < -0.4 is 0 Å². The molecule has 8 nitrogen and oxygen atoms in total. The van der Waals surface area contributed by atoms with Crippen LogP contribution in [0.3, 0.4) is 0 Å². The minimum atomic E-state index is -0.976. The monoisotopic (exact) mass is 480 g/mol. The van der Waals surface area contributed by atoms with Gasteiger partial charge in [-0.15, -0.1) is 0 Å². The van der Waals surface area contributed by atoms with Crippen molar-refractivity contribution >= 4 is 40.4 Å². The second kappa shape index (κ2) is 9.30. The molecule has 4 rings (SSSR count). The summed E-state index contributed by atoms with van der Waals surface area (Å²) in [5.41, 5.74) is 3.06. The highest BCUT2D eigenvalue weighted by Gasteiger charge is 2.30. The summed E-state index contributed by atoms with van der Waals surface area (Å²) < 4.78 is 0. The molecular formula is C25H25ClN4O4. The maximum absolute atomic E-state index is 13.1. The molecule has 1 N–H and O–H groups in total. The smallest absolute Gasteiger partial charge is 0.407 e. The number of aromatic nitrogens is 1. The number of rotatable bonds is 3. The Bertz CT molecular complexity index is 1280. The van der Waals surface area contributed by atoms with Gasteiger partial charge in [0.2, 0.25) is 0 Å². The van der Waals surface area contributed by atoms with Crippen molar-refractivity contribution in [2.24, 2.45) is 0 Å². The average Bonchev–Trinajstić information content (AvgIpc) is 2.82. The van der Waals surface area contributed by atoms with Crippen molar-refractivity contribution in [2.45, 2.75) is 13.0 Å². The molecule has 0 bridgehead atoms. The van der Waals surface area contributed by atoms with E-state index in [0.717, 1.165) is 10.9 Å². The van der Waals surface area contributed by atoms with Crippen LogP contribution in [0.15, 0.2) is 48.5 Å². The van der Waals surface area contributed by atoms with E-state index >= 15 is 0 Å². The third kappa shape index (κ3) is 4.54. The number of piperazine rings is 1. The molecule has 1 unspecified atom stereocenters. The fourth-order valence-corrected chi connectivity index (χ4v) is 4.38. The Kier molecular flexibility index (Phi) is 6.43. The van der Waals surface area contributed by atoms with E-state index < -0.39 is 6.09 Å². The second-order valence-electron chi connectivity index (χ2n) is 8.57. The van der Waals surface area contributed by atoms with Crippen molar-refractivity contribution in [1.82, 2.24) is 19.7 Å². The molecule has 3 amide bonds. The van der Waals surface area contributed by atoms with Crippen LogP contribution in [0.1, 0.15) is 27.6 Å². The minimum Gasteiger partial charge on any atom is -0.465 e. The van der Waals surface area contributed by atoms with Crippen molar-refractivity contribution in [3.8, 4) is 11.3 Å². The molecule has 176 valence electrons. The Morgan fingerprint density at radius 1 is 1.03 bits per heavy atom. The van der Waals surface area contributed by atoms with Gasteiger partial charge in [0.05, 0.1) is 16.2 Å². The molecule has 1 fully saturated rings. The summed E-state index contributed by atoms with van der Waals surface area (Å²) in [5.74, 6) is -0.258. The van der Waals surface area contributed by atoms with E-state index in [4.69, 9.17) is 16.6 Å². The molecule has 34 heavy (non-hydrogen) atoms. The lowest BCUT2D eigenvalue weighted by molar-refractivity contribution is 0.0507. The van der Waals surface area contributed by atoms with Crippen LogP contribution in [-0.4, -0.2) is 82.5 Å². The number of carboxylic acid groups (broad SMARTS) is 1. The van der Waals surface area contributed by atoms with Crippen molar-refractivity contribution < 1.29 is 19.5 Å². The summed E-state index contributed by atoms with van der Waals surface area (Å²) in [4.78, 5) is 45.8. The zero-order chi connectivity index (χ0) is 24.6. The van der Waals surface area contributed by atoms with Crippen LogP contribution in [0, 0.1) is 0 Å². The van der Waals surface area contributed by atoms with E-state index in [1.807, 2.05) is 12.1 Å². The number of pyridine rings is 1. The van der Waals surface area contributed by atoms with E-state index in [9.17, 15) is 19.5 Å². The molecule has 3 aromatic rings. The summed E-state index contributed by atoms with van der Waals surface area (Å²) in [7, 11) is 3.40. The Hall–Kier alpha value is -3.65. The zero-order valence-electron chi connectivity index (χ0n) is 19.2. The standard InChI is InChI=1S/C25H25ClN4O4/c1-15-14-29(10-11-30(15)25(33)34)24(32)18-8-9-19-20(26)13-21(27-22(19)12-18)16-4-6-17(7-5-16)23(31)28(2)3/h4-9,12-13,15H,10-11,14H2,1-3H3,(H,33,34). The number of carbonyl (C=O) groups is 3. The molecule has 1 aromatic heterocycles. The predicted molar refractivity (Wildman–Crippen MR) is 130 cm³/mol. The average molecular weight is 481 g/mol. The van der Waals surface area contributed by atoms with E-state index in [-0.39, 0.29) is 24.4 Å². The summed E-state index contributed by atoms with van der Waals surface area (Å²) >= 11 is 6.52. The van der Waals surface area contributed by atoms with E-state index in [1.54, 1.807) is 62.3 Å². The summed E-state index contributed by atoms with van der Waals surface area (Å²) in [6.07, 6.45) is -0.976. The lowest BCUT2D eigenvalue weighted by atomic mass is 10.0. The number of carbonyl (C=O) groups excluding carboxylic acids is 2. The molecule has 0 aliphatic carbocycles. The topological polar surface area (TPSA) is 94.1 Å². The van der Waals surface area contributed by atoms with Gasteiger partial charge in [-0.25, -0.2) is 9.78 Å². The van der Waals surface area contributed by atoms with E-state index in [2.05, 4.69) is 0 Å². The van der Waals surface area contributed by atoms with Gasteiger partial charge in [-0.3, -0.25) is 9.59 Å². The van der Waals surface area contributed by atoms with Gasteiger partial charge in [0.1, 0.15) is 0 Å². The molecule has 2 heterocycles. The highest BCUT2D eigenvalue weighted by atomic mass is 35.5. The Morgan fingerprint density at radius 3 is 2.32 bits per heavy atom. The molecule has 0 saturated carbocycles. The van der Waals surface area contributed by atoms with Crippen LogP contribution in [0.25, 0.3) is 22.2 Å². The molecule has 0 radical (unpaired) electrons. The van der Waals surface area contributed by atoms with Gasteiger partial charge in [-0.2, -0.15) is 0 Å². The first-order chi connectivity index (χ1) is 16.2. The largest absolute Gasteiger partial charge is 0.465 e. The molecule has 1 aliphatic rings. The number of nitrogens with zero attached hydrogens (tertiary/aromatic N) is 4. The molecule has 1 aliphatic heterocycles.